The lowest BCUT2D eigenvalue weighted by Gasteiger charge is -2.08. The zero-order valence-electron chi connectivity index (χ0n) is 9.45. The number of nitrogens with zero attached hydrogens (tertiary/aromatic N) is 1. The van der Waals surface area contributed by atoms with Crippen molar-refractivity contribution in [3.8, 4) is 5.69 Å². The van der Waals surface area contributed by atoms with Gasteiger partial charge in [-0.3, -0.25) is 4.57 Å². The molecule has 0 radical (unpaired) electrons. The van der Waals surface area contributed by atoms with Gasteiger partial charge in [0.05, 0.1) is 16.7 Å². The number of nitrogens with one attached hydrogen (secondary N) is 1. The molecule has 0 bridgehead atoms. The van der Waals surface area contributed by atoms with Crippen LogP contribution >= 0.6 is 28.1 Å². The van der Waals surface area contributed by atoms with Crippen molar-refractivity contribution in [2.24, 2.45) is 0 Å². The number of hydrogen-bond acceptors (Lipinski definition) is 1. The van der Waals surface area contributed by atoms with Crippen molar-refractivity contribution in [3.05, 3.63) is 57.3 Å². The maximum Gasteiger partial charge on any atom is 0.182 e. The molecule has 1 heterocycles. The highest BCUT2D eigenvalue weighted by Gasteiger charge is 2.14. The standard InChI is InChI=1S/C13H7BrF2N2S/c14-8-2-1-3-9(16)12(8)18-11-6-7(15)4-5-10(11)17-13(18)19/h1-6H,(H,17,19). The molecule has 2 aromatic carbocycles. The molecule has 0 saturated carbocycles. The van der Waals surface area contributed by atoms with Crippen LogP contribution in [0.2, 0.25) is 0 Å². The zero-order chi connectivity index (χ0) is 13.6. The van der Waals surface area contributed by atoms with Crippen molar-refractivity contribution in [3.63, 3.8) is 0 Å². The van der Waals surface area contributed by atoms with Gasteiger partial charge in [-0.1, -0.05) is 6.07 Å². The van der Waals surface area contributed by atoms with Crippen molar-refractivity contribution in [1.82, 2.24) is 9.55 Å². The highest BCUT2D eigenvalue weighted by Crippen LogP contribution is 2.28. The fraction of sp³-hybridized carbons (Fsp3) is 0. The van der Waals surface area contributed by atoms with Crippen LogP contribution in [0.15, 0.2) is 40.9 Å². The first-order chi connectivity index (χ1) is 9.08. The van der Waals surface area contributed by atoms with E-state index < -0.39 is 11.6 Å². The third-order valence-electron chi connectivity index (χ3n) is 2.81. The van der Waals surface area contributed by atoms with E-state index in [2.05, 4.69) is 20.9 Å². The molecule has 6 heteroatoms. The Morgan fingerprint density at radius 2 is 1.95 bits per heavy atom. The first kappa shape index (κ1) is 12.5. The average Bonchev–Trinajstić information content (AvgIpc) is 2.66. The van der Waals surface area contributed by atoms with E-state index in [9.17, 15) is 8.78 Å². The first-order valence-corrected chi connectivity index (χ1v) is 6.63. The van der Waals surface area contributed by atoms with Gasteiger partial charge >= 0.3 is 0 Å². The van der Waals surface area contributed by atoms with Crippen LogP contribution in [0.1, 0.15) is 0 Å². The minimum atomic E-state index is -0.435. The first-order valence-electron chi connectivity index (χ1n) is 5.42. The van der Waals surface area contributed by atoms with Crippen LogP contribution in [0, 0.1) is 16.4 Å². The maximum absolute atomic E-state index is 14.0. The Balaban J connectivity index is 2.46. The molecule has 0 aliphatic heterocycles. The molecule has 3 rings (SSSR count). The Hall–Kier alpha value is -1.53. The van der Waals surface area contributed by atoms with Crippen molar-refractivity contribution >= 4 is 39.2 Å². The number of aromatic amines is 1. The van der Waals surface area contributed by atoms with Crippen molar-refractivity contribution < 1.29 is 8.78 Å². The van der Waals surface area contributed by atoms with Crippen molar-refractivity contribution in [2.45, 2.75) is 0 Å². The molecule has 0 fully saturated rings. The van der Waals surface area contributed by atoms with E-state index >= 15 is 0 Å². The Bertz CT molecular complexity index is 818. The monoisotopic (exact) mass is 340 g/mol. The highest BCUT2D eigenvalue weighted by atomic mass is 79.9. The van der Waals surface area contributed by atoms with Crippen molar-refractivity contribution in [1.29, 1.82) is 0 Å². The second-order valence-corrected chi connectivity index (χ2v) is 5.24. The Kier molecular flexibility index (Phi) is 2.99. The molecule has 0 aliphatic carbocycles. The molecular weight excluding hydrogens is 334 g/mol. The van der Waals surface area contributed by atoms with Crippen LogP contribution < -0.4 is 0 Å². The summed E-state index contributed by atoms with van der Waals surface area (Å²) in [4.78, 5) is 2.93. The minimum absolute atomic E-state index is 0.268. The number of imidazole rings is 1. The molecule has 1 aromatic heterocycles. The number of H-pyrrole nitrogens is 1. The van der Waals surface area contributed by atoms with Gasteiger partial charge in [0.1, 0.15) is 11.6 Å². The average molecular weight is 341 g/mol. The number of benzene rings is 2. The van der Waals surface area contributed by atoms with Gasteiger partial charge in [-0.05, 0) is 52.4 Å². The molecule has 0 unspecified atom stereocenters. The number of fused-ring (bicyclic) bond motifs is 1. The normalized spacial score (nSPS) is 11.1. The van der Waals surface area contributed by atoms with Crippen molar-refractivity contribution in [2.75, 3.05) is 0 Å². The van der Waals surface area contributed by atoms with Gasteiger partial charge in [-0.25, -0.2) is 8.78 Å². The summed E-state index contributed by atoms with van der Waals surface area (Å²) in [7, 11) is 0. The predicted molar refractivity (Wildman–Crippen MR) is 76.1 cm³/mol. The summed E-state index contributed by atoms with van der Waals surface area (Å²) in [6.45, 7) is 0. The smallest absolute Gasteiger partial charge is 0.182 e. The second kappa shape index (κ2) is 4.54. The molecular formula is C13H7BrF2N2S. The largest absolute Gasteiger partial charge is 0.330 e. The SMILES string of the molecule is Fc1ccc2[nH]c(=S)n(-c3c(F)cccc3Br)c2c1. The predicted octanol–water partition coefficient (Wildman–Crippen LogP) is 4.73. The van der Waals surface area contributed by atoms with E-state index in [4.69, 9.17) is 12.2 Å². The van der Waals surface area contributed by atoms with Crippen LogP contribution in [-0.2, 0) is 0 Å². The molecule has 1 N–H and O–H groups in total. The van der Waals surface area contributed by atoms with Gasteiger partial charge < -0.3 is 4.98 Å². The summed E-state index contributed by atoms with van der Waals surface area (Å²) in [6, 6.07) is 8.85. The molecule has 0 saturated heterocycles. The van der Waals surface area contributed by atoms with Crippen LogP contribution in [-0.4, -0.2) is 9.55 Å². The molecule has 0 amide bonds. The van der Waals surface area contributed by atoms with Crippen LogP contribution in [0.5, 0.6) is 0 Å². The van der Waals surface area contributed by atoms with Gasteiger partial charge in [-0.15, -0.1) is 0 Å². The number of para-hydroxylation sites is 1. The number of rotatable bonds is 1. The number of aromatic nitrogens is 2. The summed E-state index contributed by atoms with van der Waals surface area (Å²) in [5, 5.41) is 0. The Labute approximate surface area is 120 Å². The molecule has 0 atom stereocenters. The van der Waals surface area contributed by atoms with E-state index in [1.165, 1.54) is 22.8 Å². The molecule has 0 aliphatic rings. The Morgan fingerprint density at radius 1 is 1.16 bits per heavy atom. The lowest BCUT2D eigenvalue weighted by atomic mass is 10.2. The quantitative estimate of drug-likeness (QED) is 0.635. The molecule has 2 nitrogen and oxygen atoms in total. The maximum atomic E-state index is 14.0. The summed E-state index contributed by atoms with van der Waals surface area (Å²) in [6.07, 6.45) is 0. The van der Waals surface area contributed by atoms with Gasteiger partial charge in [0.2, 0.25) is 0 Å². The van der Waals surface area contributed by atoms with Crippen LogP contribution in [0.4, 0.5) is 8.78 Å². The van der Waals surface area contributed by atoms with Crippen LogP contribution in [0.25, 0.3) is 16.7 Å². The summed E-state index contributed by atoms with van der Waals surface area (Å²) in [5.41, 5.74) is 1.42. The topological polar surface area (TPSA) is 20.7 Å². The zero-order valence-corrected chi connectivity index (χ0v) is 11.9. The van der Waals surface area contributed by atoms with E-state index in [1.54, 1.807) is 18.2 Å². The van der Waals surface area contributed by atoms with Crippen LogP contribution in [0.3, 0.4) is 0 Å². The van der Waals surface area contributed by atoms with Gasteiger partial charge in [0.25, 0.3) is 0 Å². The van der Waals surface area contributed by atoms with E-state index in [1.807, 2.05) is 0 Å². The van der Waals surface area contributed by atoms with Gasteiger partial charge in [0, 0.05) is 10.5 Å². The van der Waals surface area contributed by atoms with E-state index in [-0.39, 0.29) is 5.69 Å². The lowest BCUT2D eigenvalue weighted by Crippen LogP contribution is -1.99. The molecule has 3 aromatic rings. The fourth-order valence-corrected chi connectivity index (χ4v) is 2.82. The summed E-state index contributed by atoms with van der Waals surface area (Å²) >= 11 is 8.49. The van der Waals surface area contributed by atoms with E-state index in [0.29, 0.717) is 20.3 Å². The molecule has 0 spiro atoms. The number of hydrogen-bond donors (Lipinski definition) is 1. The fourth-order valence-electron chi connectivity index (χ4n) is 2.00. The molecule has 19 heavy (non-hydrogen) atoms. The third kappa shape index (κ3) is 2.01. The van der Waals surface area contributed by atoms with Gasteiger partial charge in [0.15, 0.2) is 4.77 Å². The Morgan fingerprint density at radius 3 is 2.68 bits per heavy atom. The summed E-state index contributed by atoms with van der Waals surface area (Å²) < 4.78 is 29.7. The molecule has 96 valence electrons. The van der Waals surface area contributed by atoms with Gasteiger partial charge in [-0.2, -0.15) is 0 Å². The second-order valence-electron chi connectivity index (χ2n) is 4.00. The summed E-state index contributed by atoms with van der Waals surface area (Å²) in [5.74, 6) is -0.835. The third-order valence-corrected chi connectivity index (χ3v) is 3.73. The minimum Gasteiger partial charge on any atom is -0.330 e. The lowest BCUT2D eigenvalue weighted by molar-refractivity contribution is 0.616. The number of halogens is 3. The highest BCUT2D eigenvalue weighted by molar-refractivity contribution is 9.10. The van der Waals surface area contributed by atoms with E-state index in [0.717, 1.165) is 0 Å².